The molecule has 1 aromatic heterocycles. The van der Waals surface area contributed by atoms with Gasteiger partial charge in [0.25, 0.3) is 0 Å². The first-order valence-electron chi connectivity index (χ1n) is 7.65. The fraction of sp³-hybridized carbons (Fsp3) is 0.312. The lowest BCUT2D eigenvalue weighted by molar-refractivity contribution is -0.115. The summed E-state index contributed by atoms with van der Waals surface area (Å²) < 4.78 is 26.7. The van der Waals surface area contributed by atoms with E-state index < -0.39 is 15.3 Å². The molecule has 9 heteroatoms. The van der Waals surface area contributed by atoms with Gasteiger partial charge in [0.05, 0.1) is 10.1 Å². The largest absolute Gasteiger partial charge is 0.325 e. The molecule has 0 aliphatic heterocycles. The SMILES string of the molecule is CC(C)NS(=O)(=O)c1ccc(NC(=O)[C@H](C)Sc2ncccn2)cc1. The van der Waals surface area contributed by atoms with E-state index in [1.54, 1.807) is 51.4 Å². The summed E-state index contributed by atoms with van der Waals surface area (Å²) in [5.74, 6) is -0.214. The van der Waals surface area contributed by atoms with Gasteiger partial charge in [0.2, 0.25) is 15.9 Å². The van der Waals surface area contributed by atoms with Crippen LogP contribution in [0.4, 0.5) is 5.69 Å². The van der Waals surface area contributed by atoms with Crippen LogP contribution in [-0.4, -0.2) is 35.6 Å². The molecule has 1 heterocycles. The van der Waals surface area contributed by atoms with Crippen LogP contribution < -0.4 is 10.0 Å². The zero-order chi connectivity index (χ0) is 18.4. The highest BCUT2D eigenvalue weighted by atomic mass is 32.2. The van der Waals surface area contributed by atoms with E-state index in [0.717, 1.165) is 0 Å². The third-order valence-corrected chi connectivity index (χ3v) is 5.68. The molecule has 0 fully saturated rings. The van der Waals surface area contributed by atoms with E-state index in [1.807, 2.05) is 0 Å². The second kappa shape index (κ2) is 8.41. The van der Waals surface area contributed by atoms with E-state index in [0.29, 0.717) is 10.8 Å². The van der Waals surface area contributed by atoms with Gasteiger partial charge in [0.1, 0.15) is 0 Å². The molecular weight excluding hydrogens is 360 g/mol. The van der Waals surface area contributed by atoms with Crippen LogP contribution >= 0.6 is 11.8 Å². The molecule has 1 amide bonds. The summed E-state index contributed by atoms with van der Waals surface area (Å²) in [4.78, 5) is 20.5. The number of anilines is 1. The van der Waals surface area contributed by atoms with Gasteiger partial charge in [-0.25, -0.2) is 23.1 Å². The minimum Gasteiger partial charge on any atom is -0.325 e. The molecule has 2 aromatic rings. The number of thioether (sulfide) groups is 1. The van der Waals surface area contributed by atoms with Crippen molar-refractivity contribution in [2.24, 2.45) is 0 Å². The van der Waals surface area contributed by atoms with Crippen molar-refractivity contribution in [3.8, 4) is 0 Å². The summed E-state index contributed by atoms with van der Waals surface area (Å²) in [5.41, 5.74) is 0.523. The number of rotatable bonds is 7. The summed E-state index contributed by atoms with van der Waals surface area (Å²) in [6.07, 6.45) is 3.23. The van der Waals surface area contributed by atoms with E-state index >= 15 is 0 Å². The number of benzene rings is 1. The monoisotopic (exact) mass is 380 g/mol. The maximum atomic E-state index is 12.2. The molecule has 134 valence electrons. The number of sulfonamides is 1. The standard InChI is InChI=1S/C16H20N4O3S2/c1-11(2)20-25(22,23)14-7-5-13(6-8-14)19-15(21)12(3)24-16-17-9-4-10-18-16/h4-12,20H,1-3H3,(H,19,21)/t12-/m0/s1. The average Bonchev–Trinajstić information content (AvgIpc) is 2.55. The summed E-state index contributed by atoms with van der Waals surface area (Å²) >= 11 is 1.25. The number of nitrogens with zero attached hydrogens (tertiary/aromatic N) is 2. The van der Waals surface area contributed by atoms with Gasteiger partial charge >= 0.3 is 0 Å². The molecule has 7 nitrogen and oxygen atoms in total. The van der Waals surface area contributed by atoms with Gasteiger partial charge < -0.3 is 5.32 Å². The lowest BCUT2D eigenvalue weighted by Gasteiger charge is -2.12. The topological polar surface area (TPSA) is 101 Å². The molecular formula is C16H20N4O3S2. The Hall–Kier alpha value is -1.97. The van der Waals surface area contributed by atoms with Gasteiger partial charge in [0, 0.05) is 24.1 Å². The zero-order valence-electron chi connectivity index (χ0n) is 14.1. The van der Waals surface area contributed by atoms with Crippen molar-refractivity contribution in [3.63, 3.8) is 0 Å². The van der Waals surface area contributed by atoms with Crippen LogP contribution in [0.15, 0.2) is 52.8 Å². The highest BCUT2D eigenvalue weighted by Gasteiger charge is 2.17. The van der Waals surface area contributed by atoms with Gasteiger partial charge in [-0.15, -0.1) is 0 Å². The summed E-state index contributed by atoms with van der Waals surface area (Å²) in [6, 6.07) is 7.55. The highest BCUT2D eigenvalue weighted by molar-refractivity contribution is 8.00. The minimum atomic E-state index is -3.55. The molecule has 0 saturated carbocycles. The number of carbonyl (C=O) groups excluding carboxylic acids is 1. The Bertz CT molecular complexity index is 809. The van der Waals surface area contributed by atoms with Crippen molar-refractivity contribution in [1.82, 2.24) is 14.7 Å². The molecule has 0 aliphatic rings. The van der Waals surface area contributed by atoms with Crippen molar-refractivity contribution < 1.29 is 13.2 Å². The first-order chi connectivity index (χ1) is 11.8. The smallest absolute Gasteiger partial charge is 0.240 e. The normalized spacial score (nSPS) is 12.8. The number of hydrogen-bond acceptors (Lipinski definition) is 6. The van der Waals surface area contributed by atoms with Crippen LogP contribution in [0.25, 0.3) is 0 Å². The number of nitrogens with one attached hydrogen (secondary N) is 2. The lowest BCUT2D eigenvalue weighted by Crippen LogP contribution is -2.30. The van der Waals surface area contributed by atoms with E-state index in [-0.39, 0.29) is 16.8 Å². The van der Waals surface area contributed by atoms with Crippen LogP contribution in [0.3, 0.4) is 0 Å². The van der Waals surface area contributed by atoms with Crippen molar-refractivity contribution in [2.45, 2.75) is 42.1 Å². The van der Waals surface area contributed by atoms with Gasteiger partial charge in [-0.3, -0.25) is 4.79 Å². The zero-order valence-corrected chi connectivity index (χ0v) is 15.8. The Kier molecular flexibility index (Phi) is 6.51. The third-order valence-electron chi connectivity index (χ3n) is 3.02. The summed E-state index contributed by atoms with van der Waals surface area (Å²) in [5, 5.41) is 2.88. The molecule has 2 N–H and O–H groups in total. The first-order valence-corrected chi connectivity index (χ1v) is 10.0. The maximum Gasteiger partial charge on any atom is 0.240 e. The van der Waals surface area contributed by atoms with E-state index in [1.165, 1.54) is 23.9 Å². The van der Waals surface area contributed by atoms with Gasteiger partial charge in [0.15, 0.2) is 5.16 Å². The number of aromatic nitrogens is 2. The third kappa shape index (κ3) is 5.80. The fourth-order valence-corrected chi connectivity index (χ4v) is 3.87. The maximum absolute atomic E-state index is 12.2. The average molecular weight is 380 g/mol. The molecule has 0 spiro atoms. The van der Waals surface area contributed by atoms with Crippen LogP contribution in [0.5, 0.6) is 0 Å². The summed E-state index contributed by atoms with van der Waals surface area (Å²) in [7, 11) is -3.55. The summed E-state index contributed by atoms with van der Waals surface area (Å²) in [6.45, 7) is 5.26. The number of amides is 1. The molecule has 1 aromatic carbocycles. The Morgan fingerprint density at radius 2 is 1.68 bits per heavy atom. The highest BCUT2D eigenvalue weighted by Crippen LogP contribution is 2.20. The lowest BCUT2D eigenvalue weighted by atomic mass is 10.3. The molecule has 0 saturated heterocycles. The minimum absolute atomic E-state index is 0.152. The molecule has 0 aliphatic carbocycles. The second-order valence-electron chi connectivity index (χ2n) is 5.58. The molecule has 0 bridgehead atoms. The quantitative estimate of drug-likeness (QED) is 0.564. The molecule has 0 radical (unpaired) electrons. The predicted molar refractivity (Wildman–Crippen MR) is 97.9 cm³/mol. The molecule has 0 unspecified atom stereocenters. The van der Waals surface area contributed by atoms with Gasteiger partial charge in [-0.1, -0.05) is 11.8 Å². The Morgan fingerprint density at radius 1 is 1.08 bits per heavy atom. The fourth-order valence-electron chi connectivity index (χ4n) is 1.90. The number of carbonyl (C=O) groups is 1. The van der Waals surface area contributed by atoms with E-state index in [2.05, 4.69) is 20.0 Å². The Morgan fingerprint density at radius 3 is 2.24 bits per heavy atom. The van der Waals surface area contributed by atoms with Crippen molar-refractivity contribution in [1.29, 1.82) is 0 Å². The van der Waals surface area contributed by atoms with E-state index in [4.69, 9.17) is 0 Å². The first kappa shape index (κ1) is 19.4. The Balaban J connectivity index is 1.99. The van der Waals surface area contributed by atoms with Crippen molar-refractivity contribution >= 4 is 33.4 Å². The number of hydrogen-bond donors (Lipinski definition) is 2. The Labute approximate surface area is 151 Å². The van der Waals surface area contributed by atoms with Crippen LogP contribution in [-0.2, 0) is 14.8 Å². The van der Waals surface area contributed by atoms with E-state index in [9.17, 15) is 13.2 Å². The van der Waals surface area contributed by atoms with Crippen molar-refractivity contribution in [3.05, 3.63) is 42.7 Å². The molecule has 25 heavy (non-hydrogen) atoms. The van der Waals surface area contributed by atoms with Crippen LogP contribution in [0, 0.1) is 0 Å². The van der Waals surface area contributed by atoms with Crippen LogP contribution in [0.2, 0.25) is 0 Å². The molecule has 2 rings (SSSR count). The van der Waals surface area contributed by atoms with Gasteiger partial charge in [-0.2, -0.15) is 0 Å². The van der Waals surface area contributed by atoms with Gasteiger partial charge in [-0.05, 0) is 51.1 Å². The predicted octanol–water partition coefficient (Wildman–Crippen LogP) is 2.28. The molecule has 1 atom stereocenters. The van der Waals surface area contributed by atoms with Crippen LogP contribution in [0.1, 0.15) is 20.8 Å². The van der Waals surface area contributed by atoms with Crippen molar-refractivity contribution in [2.75, 3.05) is 5.32 Å². The second-order valence-corrected chi connectivity index (χ2v) is 8.60.